The second kappa shape index (κ2) is 6.11. The van der Waals surface area contributed by atoms with E-state index in [1.807, 2.05) is 0 Å². The number of ether oxygens (including phenoxy) is 2. The molecule has 2 aromatic rings. The summed E-state index contributed by atoms with van der Waals surface area (Å²) in [5.74, 6) is 0.494. The highest BCUT2D eigenvalue weighted by Gasteiger charge is 2.18. The minimum atomic E-state index is -1.04. The third-order valence-electron chi connectivity index (χ3n) is 2.96. The molecule has 0 aliphatic heterocycles. The molecule has 106 valence electrons. The average molecular weight is 297 g/mol. The molecule has 1 N–H and O–H groups in total. The molecule has 0 saturated carbocycles. The second-order valence-electron chi connectivity index (χ2n) is 4.19. The number of benzene rings is 2. The number of hydrogen-bond donors (Lipinski definition) is 1. The highest BCUT2D eigenvalue weighted by atomic mass is 35.5. The molecule has 0 amide bonds. The molecule has 0 bridgehead atoms. The lowest BCUT2D eigenvalue weighted by atomic mass is 10.0. The molecular weight excluding hydrogens is 283 g/mol. The van der Waals surface area contributed by atoms with Gasteiger partial charge in [0.2, 0.25) is 0 Å². The molecule has 0 radical (unpaired) electrons. The maximum absolute atomic E-state index is 13.2. The molecular formula is C15H14ClFO3. The number of halogens is 2. The highest BCUT2D eigenvalue weighted by Crippen LogP contribution is 2.37. The van der Waals surface area contributed by atoms with E-state index < -0.39 is 11.9 Å². The first-order valence-electron chi connectivity index (χ1n) is 5.91. The first-order chi connectivity index (χ1) is 9.56. The molecule has 0 heterocycles. The van der Waals surface area contributed by atoms with Crippen LogP contribution in [0, 0.1) is 5.82 Å². The Morgan fingerprint density at radius 3 is 2.35 bits per heavy atom. The molecule has 0 fully saturated rings. The Labute approximate surface area is 121 Å². The fraction of sp³-hybridized carbons (Fsp3) is 0.200. The number of hydrogen-bond acceptors (Lipinski definition) is 3. The zero-order chi connectivity index (χ0) is 14.7. The Hall–Kier alpha value is -1.78. The molecule has 20 heavy (non-hydrogen) atoms. The summed E-state index contributed by atoms with van der Waals surface area (Å²) < 4.78 is 23.5. The summed E-state index contributed by atoms with van der Waals surface area (Å²) in [6.45, 7) is 0. The first-order valence-corrected chi connectivity index (χ1v) is 6.29. The largest absolute Gasteiger partial charge is 0.493 e. The Bertz CT molecular complexity index is 616. The van der Waals surface area contributed by atoms with Gasteiger partial charge in [0.15, 0.2) is 11.5 Å². The standard InChI is InChI=1S/C15H14ClFO3/c1-19-13-7-11(12(16)8-14(13)20-2)15(18)9-4-3-5-10(17)6-9/h3-8,15,18H,1-2H3. The average Bonchev–Trinajstić information content (AvgIpc) is 2.46. The van der Waals surface area contributed by atoms with E-state index in [9.17, 15) is 9.50 Å². The van der Waals surface area contributed by atoms with E-state index in [0.29, 0.717) is 27.6 Å². The predicted molar refractivity (Wildman–Crippen MR) is 75.0 cm³/mol. The van der Waals surface area contributed by atoms with Crippen LogP contribution in [0.3, 0.4) is 0 Å². The van der Waals surface area contributed by atoms with Crippen molar-refractivity contribution in [1.82, 2.24) is 0 Å². The van der Waals surface area contributed by atoms with Crippen molar-refractivity contribution in [3.8, 4) is 11.5 Å². The van der Waals surface area contributed by atoms with Crippen LogP contribution < -0.4 is 9.47 Å². The Morgan fingerprint density at radius 2 is 1.75 bits per heavy atom. The Kier molecular flexibility index (Phi) is 4.47. The number of aliphatic hydroxyl groups excluding tert-OH is 1. The maximum Gasteiger partial charge on any atom is 0.162 e. The minimum Gasteiger partial charge on any atom is -0.493 e. The summed E-state index contributed by atoms with van der Waals surface area (Å²) in [5, 5.41) is 10.7. The molecule has 0 aromatic heterocycles. The van der Waals surface area contributed by atoms with E-state index >= 15 is 0 Å². The second-order valence-corrected chi connectivity index (χ2v) is 4.59. The van der Waals surface area contributed by atoms with Crippen LogP contribution >= 0.6 is 11.6 Å². The van der Waals surface area contributed by atoms with Crippen LogP contribution in [-0.4, -0.2) is 19.3 Å². The third-order valence-corrected chi connectivity index (χ3v) is 3.29. The highest BCUT2D eigenvalue weighted by molar-refractivity contribution is 6.31. The van der Waals surface area contributed by atoms with Crippen LogP contribution in [0.15, 0.2) is 36.4 Å². The van der Waals surface area contributed by atoms with Crippen LogP contribution in [0.25, 0.3) is 0 Å². The van der Waals surface area contributed by atoms with Crippen molar-refractivity contribution in [1.29, 1.82) is 0 Å². The SMILES string of the molecule is COc1cc(Cl)c(C(O)c2cccc(F)c2)cc1OC. The van der Waals surface area contributed by atoms with Gasteiger partial charge in [-0.05, 0) is 23.8 Å². The minimum absolute atomic E-state index is 0.319. The lowest BCUT2D eigenvalue weighted by Crippen LogP contribution is -2.02. The van der Waals surface area contributed by atoms with Gasteiger partial charge in [-0.3, -0.25) is 0 Å². The number of rotatable bonds is 4. The lowest BCUT2D eigenvalue weighted by Gasteiger charge is -2.16. The molecule has 0 saturated heterocycles. The van der Waals surface area contributed by atoms with Gasteiger partial charge in [0.1, 0.15) is 11.9 Å². The smallest absolute Gasteiger partial charge is 0.162 e. The van der Waals surface area contributed by atoms with Gasteiger partial charge in [-0.15, -0.1) is 0 Å². The van der Waals surface area contributed by atoms with Crippen molar-refractivity contribution in [2.75, 3.05) is 14.2 Å². The predicted octanol–water partition coefficient (Wildman–Crippen LogP) is 3.58. The van der Waals surface area contributed by atoms with Crippen molar-refractivity contribution in [3.63, 3.8) is 0 Å². The molecule has 1 atom stereocenters. The first kappa shape index (κ1) is 14.6. The van der Waals surface area contributed by atoms with E-state index in [2.05, 4.69) is 0 Å². The molecule has 3 nitrogen and oxygen atoms in total. The number of aliphatic hydroxyl groups is 1. The molecule has 0 spiro atoms. The van der Waals surface area contributed by atoms with E-state index in [-0.39, 0.29) is 0 Å². The summed E-state index contributed by atoms with van der Waals surface area (Å²) in [6.07, 6.45) is -1.04. The van der Waals surface area contributed by atoms with Crippen LogP contribution in [-0.2, 0) is 0 Å². The van der Waals surface area contributed by atoms with Gasteiger partial charge in [-0.2, -0.15) is 0 Å². The van der Waals surface area contributed by atoms with Crippen molar-refractivity contribution in [2.45, 2.75) is 6.10 Å². The zero-order valence-electron chi connectivity index (χ0n) is 11.1. The molecule has 2 aromatic carbocycles. The van der Waals surface area contributed by atoms with Crippen LogP contribution in [0.1, 0.15) is 17.2 Å². The summed E-state index contributed by atoms with van der Waals surface area (Å²) >= 11 is 6.13. The van der Waals surface area contributed by atoms with Gasteiger partial charge < -0.3 is 14.6 Å². The molecule has 5 heteroatoms. The normalized spacial score (nSPS) is 12.1. The lowest BCUT2D eigenvalue weighted by molar-refractivity contribution is 0.219. The fourth-order valence-corrected chi connectivity index (χ4v) is 2.19. The van der Waals surface area contributed by atoms with Gasteiger partial charge >= 0.3 is 0 Å². The zero-order valence-corrected chi connectivity index (χ0v) is 11.8. The Morgan fingerprint density at radius 1 is 1.10 bits per heavy atom. The van der Waals surface area contributed by atoms with E-state index in [0.717, 1.165) is 0 Å². The molecule has 2 rings (SSSR count). The van der Waals surface area contributed by atoms with Crippen LogP contribution in [0.5, 0.6) is 11.5 Å². The topological polar surface area (TPSA) is 38.7 Å². The third kappa shape index (κ3) is 2.86. The Balaban J connectivity index is 2.46. The summed E-state index contributed by atoms with van der Waals surface area (Å²) in [4.78, 5) is 0. The van der Waals surface area contributed by atoms with Crippen molar-refractivity contribution >= 4 is 11.6 Å². The summed E-state index contributed by atoms with van der Waals surface area (Å²) in [5.41, 5.74) is 0.842. The van der Waals surface area contributed by atoms with Gasteiger partial charge in [-0.25, -0.2) is 4.39 Å². The van der Waals surface area contributed by atoms with Crippen molar-refractivity contribution in [3.05, 3.63) is 58.4 Å². The van der Waals surface area contributed by atoms with E-state index in [1.54, 1.807) is 18.2 Å². The monoisotopic (exact) mass is 296 g/mol. The summed E-state index contributed by atoms with van der Waals surface area (Å²) in [6, 6.07) is 8.86. The van der Waals surface area contributed by atoms with Crippen LogP contribution in [0.4, 0.5) is 4.39 Å². The molecule has 1 unspecified atom stereocenters. The van der Waals surface area contributed by atoms with E-state index in [4.69, 9.17) is 21.1 Å². The van der Waals surface area contributed by atoms with Crippen LogP contribution in [0.2, 0.25) is 5.02 Å². The van der Waals surface area contributed by atoms with Gasteiger partial charge in [-0.1, -0.05) is 23.7 Å². The summed E-state index contributed by atoms with van der Waals surface area (Å²) in [7, 11) is 2.99. The van der Waals surface area contributed by atoms with Gasteiger partial charge in [0.05, 0.1) is 19.2 Å². The van der Waals surface area contributed by atoms with Gasteiger partial charge in [0.25, 0.3) is 0 Å². The quantitative estimate of drug-likeness (QED) is 0.937. The van der Waals surface area contributed by atoms with Gasteiger partial charge in [0, 0.05) is 11.6 Å². The maximum atomic E-state index is 13.2. The molecule has 0 aliphatic rings. The number of methoxy groups -OCH3 is 2. The van der Waals surface area contributed by atoms with Crippen molar-refractivity contribution < 1.29 is 19.0 Å². The van der Waals surface area contributed by atoms with E-state index in [1.165, 1.54) is 32.4 Å². The molecule has 0 aliphatic carbocycles. The van der Waals surface area contributed by atoms with Crippen molar-refractivity contribution in [2.24, 2.45) is 0 Å². The fourth-order valence-electron chi connectivity index (χ4n) is 1.94.